The summed E-state index contributed by atoms with van der Waals surface area (Å²) in [6.07, 6.45) is 2.07. The van der Waals surface area contributed by atoms with Crippen LogP contribution in [0.5, 0.6) is 11.6 Å². The number of halogens is 1. The third-order valence-electron chi connectivity index (χ3n) is 6.80. The molecule has 1 atom stereocenters. The number of aliphatic hydroxyl groups is 1. The van der Waals surface area contributed by atoms with Gasteiger partial charge in [0.15, 0.2) is 0 Å². The largest absolute Gasteiger partial charge is 0.439 e. The molecule has 36 heavy (non-hydrogen) atoms. The molecule has 5 rings (SSSR count). The highest BCUT2D eigenvalue weighted by atomic mass is 35.5. The molecule has 3 aromatic rings. The molecule has 2 aliphatic rings. The minimum atomic E-state index is -0.431. The van der Waals surface area contributed by atoms with E-state index in [1.807, 2.05) is 54.2 Å². The number of morpholine rings is 1. The number of hydrogen-bond donors (Lipinski definition) is 1. The minimum absolute atomic E-state index is 0.431. The lowest BCUT2D eigenvalue weighted by Gasteiger charge is -2.31. The third kappa shape index (κ3) is 6.66. The first-order valence-electron chi connectivity index (χ1n) is 12.8. The fourth-order valence-electron chi connectivity index (χ4n) is 4.80. The maximum absolute atomic E-state index is 11.0. The Labute approximate surface area is 218 Å². The van der Waals surface area contributed by atoms with E-state index in [2.05, 4.69) is 21.9 Å². The number of rotatable bonds is 11. The van der Waals surface area contributed by atoms with Crippen LogP contribution in [0, 0.1) is 5.92 Å². The molecule has 0 spiro atoms. The molecular formula is C28H35ClN4O3. The monoisotopic (exact) mass is 510 g/mol. The van der Waals surface area contributed by atoms with E-state index in [0.29, 0.717) is 42.2 Å². The maximum atomic E-state index is 11.0. The Morgan fingerprint density at radius 3 is 2.53 bits per heavy atom. The fraction of sp³-hybridized carbons (Fsp3) is 0.464. The highest BCUT2D eigenvalue weighted by Crippen LogP contribution is 2.36. The Bertz CT molecular complexity index is 1110. The lowest BCUT2D eigenvalue weighted by molar-refractivity contribution is 0.00587. The van der Waals surface area contributed by atoms with Gasteiger partial charge in [-0.15, -0.1) is 0 Å². The van der Waals surface area contributed by atoms with Gasteiger partial charge >= 0.3 is 0 Å². The van der Waals surface area contributed by atoms with E-state index in [1.165, 1.54) is 12.8 Å². The Balaban J connectivity index is 1.41. The van der Waals surface area contributed by atoms with Crippen molar-refractivity contribution in [2.24, 2.45) is 13.0 Å². The lowest BCUT2D eigenvalue weighted by atomic mass is 10.1. The molecule has 0 radical (unpaired) electrons. The summed E-state index contributed by atoms with van der Waals surface area (Å²) in [4.78, 5) is 4.67. The van der Waals surface area contributed by atoms with E-state index in [1.54, 1.807) is 0 Å². The van der Waals surface area contributed by atoms with Crippen LogP contribution in [-0.2, 0) is 18.3 Å². The molecule has 2 aromatic carbocycles. The molecular weight excluding hydrogens is 476 g/mol. The quantitative estimate of drug-likeness (QED) is 0.411. The topological polar surface area (TPSA) is 63.0 Å². The van der Waals surface area contributed by atoms with Crippen molar-refractivity contribution in [2.45, 2.75) is 25.5 Å². The molecule has 192 valence electrons. The number of ether oxygens (including phenoxy) is 2. The molecule has 1 saturated heterocycles. The average Bonchev–Trinajstić information content (AvgIpc) is 3.65. The second-order valence-corrected chi connectivity index (χ2v) is 10.3. The lowest BCUT2D eigenvalue weighted by Crippen LogP contribution is -2.44. The maximum Gasteiger partial charge on any atom is 0.222 e. The molecule has 0 amide bonds. The molecule has 0 bridgehead atoms. The number of β-amino-alcohol motifs (C(OH)–C–C–N with tert-alkyl or cyclic N) is 1. The molecule has 1 N–H and O–H groups in total. The second-order valence-electron chi connectivity index (χ2n) is 9.88. The number of nitrogens with zero attached hydrogens (tertiary/aromatic N) is 4. The third-order valence-corrected chi connectivity index (χ3v) is 7.05. The molecule has 7 nitrogen and oxygen atoms in total. The van der Waals surface area contributed by atoms with Gasteiger partial charge in [-0.25, -0.2) is 4.68 Å². The summed E-state index contributed by atoms with van der Waals surface area (Å²) in [7, 11) is 1.92. The van der Waals surface area contributed by atoms with Crippen molar-refractivity contribution in [1.29, 1.82) is 0 Å². The molecule has 1 aliphatic carbocycles. The van der Waals surface area contributed by atoms with Crippen molar-refractivity contribution in [3.05, 3.63) is 65.2 Å². The predicted octanol–water partition coefficient (Wildman–Crippen LogP) is 4.44. The number of benzene rings is 2. The zero-order valence-electron chi connectivity index (χ0n) is 20.9. The van der Waals surface area contributed by atoms with Crippen LogP contribution in [0.3, 0.4) is 0 Å². The van der Waals surface area contributed by atoms with Crippen LogP contribution in [0.1, 0.15) is 18.4 Å². The van der Waals surface area contributed by atoms with E-state index in [9.17, 15) is 5.11 Å². The first kappa shape index (κ1) is 25.2. The van der Waals surface area contributed by atoms with Crippen LogP contribution >= 0.6 is 11.6 Å². The van der Waals surface area contributed by atoms with Crippen molar-refractivity contribution < 1.29 is 14.6 Å². The van der Waals surface area contributed by atoms with Crippen LogP contribution in [-0.4, -0.2) is 76.7 Å². The molecule has 1 saturated carbocycles. The van der Waals surface area contributed by atoms with Crippen LogP contribution in [0.2, 0.25) is 5.02 Å². The molecule has 1 aliphatic heterocycles. The van der Waals surface area contributed by atoms with Crippen LogP contribution in [0.4, 0.5) is 0 Å². The summed E-state index contributed by atoms with van der Waals surface area (Å²) < 4.78 is 13.7. The van der Waals surface area contributed by atoms with Crippen molar-refractivity contribution in [3.63, 3.8) is 0 Å². The molecule has 2 heterocycles. The van der Waals surface area contributed by atoms with Gasteiger partial charge in [-0.1, -0.05) is 41.9 Å². The fourth-order valence-corrected chi connectivity index (χ4v) is 4.92. The van der Waals surface area contributed by atoms with E-state index >= 15 is 0 Å². The van der Waals surface area contributed by atoms with Gasteiger partial charge in [0.25, 0.3) is 0 Å². The van der Waals surface area contributed by atoms with E-state index in [0.717, 1.165) is 49.7 Å². The minimum Gasteiger partial charge on any atom is -0.439 e. The van der Waals surface area contributed by atoms with Crippen molar-refractivity contribution in [2.75, 3.05) is 45.9 Å². The summed E-state index contributed by atoms with van der Waals surface area (Å²) in [6, 6.07) is 17.6. The van der Waals surface area contributed by atoms with E-state index in [4.69, 9.17) is 26.2 Å². The Kier molecular flexibility index (Phi) is 8.24. The standard InChI is InChI=1S/C28H35ClN4O3/c1-31-28(36-25-11-9-23(29)10-12-25)26(27(30-31)22-5-3-2-4-6-22)20-33(17-21-7-8-21)19-24(34)18-32-13-15-35-16-14-32/h2-6,9-12,21,24,34H,7-8,13-20H2,1H3. The van der Waals surface area contributed by atoms with Gasteiger partial charge in [-0.3, -0.25) is 9.80 Å². The molecule has 1 unspecified atom stereocenters. The average molecular weight is 511 g/mol. The van der Waals surface area contributed by atoms with Gasteiger partial charge in [0.05, 0.1) is 24.9 Å². The van der Waals surface area contributed by atoms with Crippen LogP contribution in [0.15, 0.2) is 54.6 Å². The van der Waals surface area contributed by atoms with Crippen molar-refractivity contribution in [3.8, 4) is 22.9 Å². The molecule has 2 fully saturated rings. The van der Waals surface area contributed by atoms with Gasteiger partial charge in [-0.05, 0) is 43.0 Å². The summed E-state index contributed by atoms with van der Waals surface area (Å²) in [5, 5.41) is 16.6. The highest BCUT2D eigenvalue weighted by molar-refractivity contribution is 6.30. The first-order chi connectivity index (χ1) is 17.5. The first-order valence-corrected chi connectivity index (χ1v) is 13.2. The smallest absolute Gasteiger partial charge is 0.222 e. The Morgan fingerprint density at radius 2 is 1.83 bits per heavy atom. The SMILES string of the molecule is Cn1nc(-c2ccccc2)c(CN(CC(O)CN2CCOCC2)CC2CC2)c1Oc1ccc(Cl)cc1. The Hall–Kier alpha value is -2.42. The van der Waals surface area contributed by atoms with Crippen molar-refractivity contribution >= 4 is 11.6 Å². The van der Waals surface area contributed by atoms with Gasteiger partial charge in [-0.2, -0.15) is 5.10 Å². The number of aliphatic hydroxyl groups excluding tert-OH is 1. The van der Waals surface area contributed by atoms with Gasteiger partial charge in [0.1, 0.15) is 11.4 Å². The number of aryl methyl sites for hydroxylation is 1. The van der Waals surface area contributed by atoms with Gasteiger partial charge in [0.2, 0.25) is 5.88 Å². The van der Waals surface area contributed by atoms with Crippen LogP contribution in [0.25, 0.3) is 11.3 Å². The van der Waals surface area contributed by atoms with E-state index in [-0.39, 0.29) is 0 Å². The second kappa shape index (κ2) is 11.8. The predicted molar refractivity (Wildman–Crippen MR) is 141 cm³/mol. The summed E-state index contributed by atoms with van der Waals surface area (Å²) in [6.45, 7) is 6.11. The number of hydrogen-bond acceptors (Lipinski definition) is 6. The zero-order valence-corrected chi connectivity index (χ0v) is 21.6. The summed E-state index contributed by atoms with van der Waals surface area (Å²) in [5.74, 6) is 2.11. The summed E-state index contributed by atoms with van der Waals surface area (Å²) >= 11 is 6.09. The van der Waals surface area contributed by atoms with Gasteiger partial charge in [0, 0.05) is 56.9 Å². The molecule has 1 aromatic heterocycles. The number of aromatic nitrogens is 2. The normalized spacial score (nSPS) is 17.4. The zero-order chi connectivity index (χ0) is 24.9. The van der Waals surface area contributed by atoms with Gasteiger partial charge < -0.3 is 14.6 Å². The summed E-state index contributed by atoms with van der Waals surface area (Å²) in [5.41, 5.74) is 2.98. The van der Waals surface area contributed by atoms with Crippen molar-refractivity contribution in [1.82, 2.24) is 19.6 Å². The van der Waals surface area contributed by atoms with Crippen LogP contribution < -0.4 is 4.74 Å². The highest BCUT2D eigenvalue weighted by Gasteiger charge is 2.29. The Morgan fingerprint density at radius 1 is 1.11 bits per heavy atom. The molecule has 8 heteroatoms. The van der Waals surface area contributed by atoms with E-state index < -0.39 is 6.10 Å².